The van der Waals surface area contributed by atoms with Crippen molar-refractivity contribution in [2.75, 3.05) is 6.61 Å². The number of rotatable bonds is 4. The number of hydrogen-bond acceptors (Lipinski definition) is 3. The molecule has 0 N–H and O–H groups in total. The van der Waals surface area contributed by atoms with E-state index in [0.717, 1.165) is 19.3 Å². The lowest BCUT2D eigenvalue weighted by atomic mass is 9.91. The number of unbranched alkanes of at least 4 members (excludes halogenated alkanes) is 1. The molecule has 0 radical (unpaired) electrons. The summed E-state index contributed by atoms with van der Waals surface area (Å²) in [4.78, 5) is 21.9. The van der Waals surface area contributed by atoms with Crippen LogP contribution >= 0.6 is 0 Å². The van der Waals surface area contributed by atoms with Crippen LogP contribution in [-0.4, -0.2) is 18.4 Å². The molecule has 17 heavy (non-hydrogen) atoms. The Labute approximate surface area is 102 Å². The van der Waals surface area contributed by atoms with E-state index in [4.69, 9.17) is 0 Å². The van der Waals surface area contributed by atoms with Gasteiger partial charge in [-0.3, -0.25) is 4.79 Å². The Morgan fingerprint density at radius 3 is 3.06 bits per heavy atom. The predicted molar refractivity (Wildman–Crippen MR) is 65.1 cm³/mol. The Bertz CT molecular complexity index is 357. The fourth-order valence-corrected chi connectivity index (χ4v) is 1.75. The van der Waals surface area contributed by atoms with E-state index in [1.54, 1.807) is 13.0 Å². The van der Waals surface area contributed by atoms with Crippen molar-refractivity contribution in [3.63, 3.8) is 0 Å². The molecule has 1 aliphatic rings. The van der Waals surface area contributed by atoms with Gasteiger partial charge < -0.3 is 4.74 Å². The zero-order chi connectivity index (χ0) is 12.5. The van der Waals surface area contributed by atoms with Crippen molar-refractivity contribution in [2.24, 2.45) is 5.92 Å². The molecule has 3 nitrogen and oxygen atoms in total. The highest BCUT2D eigenvalue weighted by Gasteiger charge is 2.11. The van der Waals surface area contributed by atoms with E-state index in [1.807, 2.05) is 6.08 Å². The first kappa shape index (κ1) is 13.5. The van der Waals surface area contributed by atoms with Gasteiger partial charge in [0.2, 0.25) is 0 Å². The van der Waals surface area contributed by atoms with E-state index in [-0.39, 0.29) is 5.78 Å². The van der Waals surface area contributed by atoms with Crippen molar-refractivity contribution < 1.29 is 14.3 Å². The van der Waals surface area contributed by atoms with Gasteiger partial charge in [-0.15, -0.1) is 0 Å². The van der Waals surface area contributed by atoms with Crippen LogP contribution in [0.25, 0.3) is 0 Å². The average molecular weight is 234 g/mol. The summed E-state index contributed by atoms with van der Waals surface area (Å²) in [5.74, 6) is 5.52. The Balaban J connectivity index is 2.14. The summed E-state index contributed by atoms with van der Waals surface area (Å²) in [5, 5.41) is 0. The number of allylic oxidation sites excluding steroid dienone is 2. The second kappa shape index (κ2) is 7.67. The molecule has 0 amide bonds. The molecule has 1 aliphatic carbocycles. The summed E-state index contributed by atoms with van der Waals surface area (Å²) >= 11 is 0. The van der Waals surface area contributed by atoms with Crippen molar-refractivity contribution in [1.29, 1.82) is 0 Å². The normalized spacial score (nSPS) is 18.4. The first-order valence-electron chi connectivity index (χ1n) is 6.09. The third-order valence-electron chi connectivity index (χ3n) is 2.66. The van der Waals surface area contributed by atoms with Crippen molar-refractivity contribution in [3.05, 3.63) is 12.2 Å². The molecule has 0 saturated carbocycles. The zero-order valence-electron chi connectivity index (χ0n) is 10.2. The van der Waals surface area contributed by atoms with Gasteiger partial charge in [-0.2, -0.15) is 0 Å². The van der Waals surface area contributed by atoms with Gasteiger partial charge >= 0.3 is 5.97 Å². The summed E-state index contributed by atoms with van der Waals surface area (Å²) in [6.45, 7) is 2.13. The zero-order valence-corrected chi connectivity index (χ0v) is 10.2. The Kier molecular flexibility index (Phi) is 6.09. The average Bonchev–Trinajstić information content (AvgIpc) is 2.31. The summed E-state index contributed by atoms with van der Waals surface area (Å²) in [7, 11) is 0. The van der Waals surface area contributed by atoms with Crippen LogP contribution in [0.4, 0.5) is 0 Å². The van der Waals surface area contributed by atoms with E-state index in [2.05, 4.69) is 16.6 Å². The highest BCUT2D eigenvalue weighted by Crippen LogP contribution is 2.20. The fraction of sp³-hybridized carbons (Fsp3) is 0.571. The first-order chi connectivity index (χ1) is 8.22. The molecular formula is C14H18O3. The molecule has 0 aromatic rings. The van der Waals surface area contributed by atoms with Crippen molar-refractivity contribution in [1.82, 2.24) is 0 Å². The summed E-state index contributed by atoms with van der Waals surface area (Å²) < 4.78 is 4.69. The molecule has 0 bridgehead atoms. The lowest BCUT2D eigenvalue weighted by molar-refractivity contribution is -0.136. The third kappa shape index (κ3) is 5.91. The van der Waals surface area contributed by atoms with Gasteiger partial charge in [0, 0.05) is 18.8 Å². The van der Waals surface area contributed by atoms with Crippen molar-refractivity contribution >= 4 is 11.8 Å². The molecule has 0 saturated heterocycles. The highest BCUT2D eigenvalue weighted by molar-refractivity contribution is 5.90. The third-order valence-corrected chi connectivity index (χ3v) is 2.66. The number of carbonyl (C=O) groups is 2. The van der Waals surface area contributed by atoms with Crippen LogP contribution in [0.5, 0.6) is 0 Å². The minimum Gasteiger partial charge on any atom is -0.456 e. The number of esters is 1. The van der Waals surface area contributed by atoms with Crippen molar-refractivity contribution in [3.8, 4) is 11.8 Å². The minimum atomic E-state index is -0.448. The molecular weight excluding hydrogens is 216 g/mol. The van der Waals surface area contributed by atoms with Crippen molar-refractivity contribution in [2.45, 2.75) is 39.0 Å². The van der Waals surface area contributed by atoms with Gasteiger partial charge in [0.05, 0.1) is 6.61 Å². The van der Waals surface area contributed by atoms with E-state index < -0.39 is 5.97 Å². The van der Waals surface area contributed by atoms with Crippen LogP contribution in [0.15, 0.2) is 12.2 Å². The molecule has 0 heterocycles. The van der Waals surface area contributed by atoms with Crippen LogP contribution in [0.2, 0.25) is 0 Å². The molecule has 0 aromatic carbocycles. The van der Waals surface area contributed by atoms with E-state index in [9.17, 15) is 9.59 Å². The quantitative estimate of drug-likeness (QED) is 0.324. The van der Waals surface area contributed by atoms with Gasteiger partial charge in [0.1, 0.15) is 0 Å². The highest BCUT2D eigenvalue weighted by atomic mass is 16.5. The van der Waals surface area contributed by atoms with Crippen LogP contribution in [0, 0.1) is 17.8 Å². The van der Waals surface area contributed by atoms with Gasteiger partial charge in [-0.05, 0) is 38.2 Å². The lowest BCUT2D eigenvalue weighted by Gasteiger charge is -2.14. The molecule has 1 rings (SSSR count). The second-order valence-electron chi connectivity index (χ2n) is 4.04. The van der Waals surface area contributed by atoms with Crippen LogP contribution in [0.1, 0.15) is 39.0 Å². The largest absolute Gasteiger partial charge is 0.456 e. The van der Waals surface area contributed by atoms with Crippen LogP contribution < -0.4 is 0 Å². The Hall–Kier alpha value is -1.56. The summed E-state index contributed by atoms with van der Waals surface area (Å²) in [6.07, 6.45) is 7.97. The fourth-order valence-electron chi connectivity index (χ4n) is 1.75. The number of ketones is 1. The Morgan fingerprint density at radius 1 is 1.59 bits per heavy atom. The SMILES string of the molecule is CCOC(=O)C#CCCCC1C=CC(=O)CC1. The van der Waals surface area contributed by atoms with E-state index in [1.165, 1.54) is 0 Å². The summed E-state index contributed by atoms with van der Waals surface area (Å²) in [6, 6.07) is 0. The van der Waals surface area contributed by atoms with Gasteiger partial charge in [-0.25, -0.2) is 4.79 Å². The predicted octanol–water partition coefficient (Wildman–Crippen LogP) is 2.26. The topological polar surface area (TPSA) is 43.4 Å². The Morgan fingerprint density at radius 2 is 2.41 bits per heavy atom. The summed E-state index contributed by atoms with van der Waals surface area (Å²) in [5.41, 5.74) is 0. The molecule has 92 valence electrons. The maximum absolute atomic E-state index is 11.0. The molecule has 1 atom stereocenters. The van der Waals surface area contributed by atoms with Crippen LogP contribution in [0.3, 0.4) is 0 Å². The molecule has 1 unspecified atom stereocenters. The molecule has 3 heteroatoms. The first-order valence-corrected chi connectivity index (χ1v) is 6.09. The molecule has 0 aliphatic heterocycles. The minimum absolute atomic E-state index is 0.225. The van der Waals surface area contributed by atoms with Crippen LogP contribution in [-0.2, 0) is 14.3 Å². The molecule has 0 fully saturated rings. The van der Waals surface area contributed by atoms with E-state index >= 15 is 0 Å². The van der Waals surface area contributed by atoms with E-state index in [0.29, 0.717) is 25.4 Å². The maximum Gasteiger partial charge on any atom is 0.384 e. The monoisotopic (exact) mass is 234 g/mol. The van der Waals surface area contributed by atoms with Gasteiger partial charge in [0.25, 0.3) is 0 Å². The van der Waals surface area contributed by atoms with Gasteiger partial charge in [0.15, 0.2) is 5.78 Å². The lowest BCUT2D eigenvalue weighted by Crippen LogP contribution is -2.07. The number of hydrogen-bond donors (Lipinski definition) is 0. The molecule has 0 aromatic heterocycles. The molecule has 0 spiro atoms. The second-order valence-corrected chi connectivity index (χ2v) is 4.04. The standard InChI is InChI=1S/C14H18O3/c1-2-17-14(16)7-5-3-4-6-12-8-10-13(15)11-9-12/h8,10,12H,2-4,6,9,11H2,1H3. The smallest absolute Gasteiger partial charge is 0.384 e. The number of ether oxygens (including phenoxy) is 1. The number of carbonyl (C=O) groups excluding carboxylic acids is 2. The maximum atomic E-state index is 11.0. The van der Waals surface area contributed by atoms with Gasteiger partial charge in [-0.1, -0.05) is 12.0 Å².